The summed E-state index contributed by atoms with van der Waals surface area (Å²) in [6.07, 6.45) is 8.10. The number of likely N-dealkylation sites (N-methyl/N-ethyl adjacent to an activating group) is 2. The lowest BCUT2D eigenvalue weighted by atomic mass is 9.90. The van der Waals surface area contributed by atoms with Gasteiger partial charge in [0.15, 0.2) is 0 Å². The molecule has 1 atom stereocenters. The van der Waals surface area contributed by atoms with Gasteiger partial charge >= 0.3 is 7.60 Å². The minimum Gasteiger partial charge on any atom is -0.500 e. The van der Waals surface area contributed by atoms with Crippen molar-refractivity contribution in [2.45, 2.75) is 93.4 Å². The smallest absolute Gasteiger partial charge is 0.402 e. The van der Waals surface area contributed by atoms with Crippen LogP contribution < -0.4 is 9.47 Å². The Balaban J connectivity index is -0.00000112. The van der Waals surface area contributed by atoms with E-state index in [-0.39, 0.29) is 23.8 Å². The SMILES string of the molecule is C=C(OCC)OCC.C=C(Oc1ccccc1)Oc1ccccc1.C=C1OC(C)(C)C(C)(C)O1.C=C1OCCO1.C=COCCN(C)CCCN(C)C.C=COCCN1CCN(Cc2ccc(C)cc2)CC1.C=COCCOCCN(CC)CC.C=COCCOCCO.C=COP(=O)(C=C)OCC. The molecule has 0 aliphatic carbocycles. The maximum absolute atomic E-state index is 11.1. The van der Waals surface area contributed by atoms with Gasteiger partial charge in [-0.15, -0.1) is 0 Å². The largest absolute Gasteiger partial charge is 0.500 e. The van der Waals surface area contributed by atoms with Crippen molar-refractivity contribution in [2.24, 2.45) is 0 Å². The molecule has 24 heteroatoms. The molecule has 0 aromatic heterocycles. The van der Waals surface area contributed by atoms with Gasteiger partial charge in [0, 0.05) is 58.2 Å². The molecule has 0 spiro atoms. The lowest BCUT2D eigenvalue weighted by Gasteiger charge is -2.34. The molecule has 3 aromatic carbocycles. The number of ether oxygens (including phenoxy) is 14. The summed E-state index contributed by atoms with van der Waals surface area (Å²) in [5, 5.41) is 8.24. The van der Waals surface area contributed by atoms with Crippen LogP contribution in [0.4, 0.5) is 0 Å². The molecule has 3 heterocycles. The van der Waals surface area contributed by atoms with Crippen LogP contribution in [-0.2, 0) is 77.0 Å². The predicted molar refractivity (Wildman–Crippen MR) is 422 cm³/mol. The maximum Gasteiger partial charge on any atom is 0.402 e. The average molecular weight is 1480 g/mol. The Labute approximate surface area is 627 Å². The summed E-state index contributed by atoms with van der Waals surface area (Å²) in [4.78, 5) is 11.8. The van der Waals surface area contributed by atoms with Gasteiger partial charge in [0.25, 0.3) is 23.8 Å². The second-order valence-electron chi connectivity index (χ2n) is 23.2. The highest BCUT2D eigenvalue weighted by molar-refractivity contribution is 7.57. The molecule has 3 aliphatic heterocycles. The minimum absolute atomic E-state index is 0.0636. The molecule has 0 saturated carbocycles. The maximum atomic E-state index is 11.1. The molecule has 1 unspecified atom stereocenters. The Kier molecular flexibility index (Phi) is 65.0. The Morgan fingerprint density at radius 3 is 1.42 bits per heavy atom. The van der Waals surface area contributed by atoms with Crippen molar-refractivity contribution in [1.29, 1.82) is 0 Å². The first-order valence-electron chi connectivity index (χ1n) is 35.3. The van der Waals surface area contributed by atoms with Crippen LogP contribution >= 0.6 is 7.60 Å². The summed E-state index contributed by atoms with van der Waals surface area (Å²) in [5.74, 6) is 4.13. The van der Waals surface area contributed by atoms with Gasteiger partial charge in [-0.1, -0.05) is 120 Å². The van der Waals surface area contributed by atoms with Crippen LogP contribution in [0.2, 0.25) is 0 Å². The van der Waals surface area contributed by atoms with Crippen LogP contribution in [0, 0.1) is 6.92 Å². The van der Waals surface area contributed by atoms with Crippen molar-refractivity contribution < 1.29 is 85.0 Å². The lowest BCUT2D eigenvalue weighted by molar-refractivity contribution is 0.00578. The van der Waals surface area contributed by atoms with Gasteiger partial charge in [0.05, 0.1) is 97.4 Å². The summed E-state index contributed by atoms with van der Waals surface area (Å²) in [7, 11) is 3.25. The lowest BCUT2D eigenvalue weighted by Crippen LogP contribution is -2.46. The summed E-state index contributed by atoms with van der Waals surface area (Å²) in [6.45, 7) is 75.4. The van der Waals surface area contributed by atoms with E-state index in [1.54, 1.807) is 6.92 Å². The number of aliphatic hydroxyl groups is 1. The quantitative estimate of drug-likeness (QED) is 0.0318. The first kappa shape index (κ1) is 101. The summed E-state index contributed by atoms with van der Waals surface area (Å²) in [6, 6.07) is 27.7. The Hall–Kier alpha value is -7.67. The van der Waals surface area contributed by atoms with Crippen LogP contribution in [0.5, 0.6) is 11.5 Å². The van der Waals surface area contributed by atoms with Crippen LogP contribution in [0.3, 0.4) is 0 Å². The number of aryl methyl sites for hydroxylation is 1. The van der Waals surface area contributed by atoms with E-state index in [0.717, 1.165) is 110 Å². The fourth-order valence-corrected chi connectivity index (χ4v) is 8.87. The first-order chi connectivity index (χ1) is 49.8. The van der Waals surface area contributed by atoms with E-state index >= 15 is 0 Å². The number of piperazine rings is 1. The number of para-hydroxylation sites is 2. The van der Waals surface area contributed by atoms with Gasteiger partial charge in [0.1, 0.15) is 49.1 Å². The molecule has 592 valence electrons. The van der Waals surface area contributed by atoms with Gasteiger partial charge in [0.2, 0.25) is 0 Å². The van der Waals surface area contributed by atoms with E-state index in [1.807, 2.05) is 102 Å². The third-order valence-corrected chi connectivity index (χ3v) is 15.7. The molecule has 104 heavy (non-hydrogen) atoms. The second-order valence-corrected chi connectivity index (χ2v) is 25.1. The molecule has 6 rings (SSSR count). The van der Waals surface area contributed by atoms with Gasteiger partial charge in [-0.25, -0.2) is 4.57 Å². The average Bonchev–Trinajstić information content (AvgIpc) is 1.65. The summed E-state index contributed by atoms with van der Waals surface area (Å²) in [5.41, 5.74) is 2.22. The summed E-state index contributed by atoms with van der Waals surface area (Å²) < 4.78 is 91.3. The standard InChI is InChI=1S/C16H24N2O.C14H12O2.C10H22N2O.C10H21NO2.C8H14O2.C6H11O3P.C6H12O3.C6H12O2.C4H6O2/c1-3-19-13-12-17-8-10-18(11-9-17)14-16-6-4-15(2)5-7-16;1-12(15-13-8-4-2-5-9-13)16-14-10-6-3-7-11-14;1-5-13-10-9-12(4)8-6-7-11(2)3;1-4-11(5-2)7-8-13-10-9-12-6-3;1-6-9-7(2,3)8(4,5)10-6;1-4-8-10(7,6-3)9-5-2;1-2-8-5-6-9-4-3-7;1-4-7-6(3)8-5-2;1-4-5-2-3-6-4/h3-7H,1,8-14H2,2H3;2-11H,1H2;5H,1,6-10H2,2-4H3;6H,3-5,7-10H2,1-2H3;1H2,2-5H3;4,6H,1,3,5H2,2H3;2,7H,1,3-6H2;3-5H2,1-2H3;1-3H2. The Morgan fingerprint density at radius 2 is 1.03 bits per heavy atom. The first-order valence-corrected chi connectivity index (χ1v) is 36.9. The van der Waals surface area contributed by atoms with Gasteiger partial charge in [-0.05, 0) is 165 Å². The molecular formula is C80H134N5O18P. The molecule has 3 fully saturated rings. The van der Waals surface area contributed by atoms with E-state index in [9.17, 15) is 4.57 Å². The van der Waals surface area contributed by atoms with E-state index in [4.69, 9.17) is 75.9 Å². The normalized spacial score (nSPS) is 13.9. The van der Waals surface area contributed by atoms with Crippen molar-refractivity contribution in [3.63, 3.8) is 0 Å². The second kappa shape index (κ2) is 67.2. The van der Waals surface area contributed by atoms with Gasteiger partial charge in [-0.3, -0.25) is 14.3 Å². The van der Waals surface area contributed by atoms with Crippen LogP contribution in [0.15, 0.2) is 212 Å². The molecule has 0 amide bonds. The third-order valence-electron chi connectivity index (χ3n) is 14.2. The third kappa shape index (κ3) is 59.7. The zero-order chi connectivity index (χ0) is 78.6. The van der Waals surface area contributed by atoms with Crippen LogP contribution in [-0.4, -0.2) is 226 Å². The zero-order valence-electron chi connectivity index (χ0n) is 65.8. The molecule has 3 saturated heterocycles. The van der Waals surface area contributed by atoms with E-state index in [1.165, 1.54) is 42.6 Å². The highest BCUT2D eigenvalue weighted by Crippen LogP contribution is 2.49. The van der Waals surface area contributed by atoms with E-state index in [0.29, 0.717) is 95.4 Å². The fourth-order valence-electron chi connectivity index (χ4n) is 8.05. The van der Waals surface area contributed by atoms with Crippen LogP contribution in [0.1, 0.15) is 79.9 Å². The predicted octanol–water partition coefficient (Wildman–Crippen LogP) is 15.2. The highest BCUT2D eigenvalue weighted by atomic mass is 31.2. The van der Waals surface area contributed by atoms with Crippen molar-refractivity contribution >= 4 is 7.60 Å². The van der Waals surface area contributed by atoms with Crippen molar-refractivity contribution in [1.82, 2.24) is 24.5 Å². The monoisotopic (exact) mass is 1480 g/mol. The molecule has 3 aromatic rings. The molecule has 23 nitrogen and oxygen atoms in total. The molecule has 0 bridgehead atoms. The van der Waals surface area contributed by atoms with E-state index < -0.39 is 7.60 Å². The number of rotatable bonds is 42. The molecule has 1 N–H and O–H groups in total. The number of nitrogens with zero attached hydrogens (tertiary/aromatic N) is 5. The minimum atomic E-state index is -3.05. The van der Waals surface area contributed by atoms with E-state index in [2.05, 4.69) is 161 Å². The number of benzene rings is 3. The topological polar surface area (TPSA) is 201 Å². The zero-order valence-corrected chi connectivity index (χ0v) is 66.7. The number of hydrogen-bond donors (Lipinski definition) is 1. The Bertz CT molecular complexity index is 2600. The highest BCUT2D eigenvalue weighted by Gasteiger charge is 2.48. The fraction of sp³-hybridized carbons (Fsp3) is 0.525. The van der Waals surface area contributed by atoms with Crippen molar-refractivity contribution in [2.75, 3.05) is 186 Å². The molecule has 3 aliphatic rings. The van der Waals surface area contributed by atoms with Gasteiger partial charge < -0.3 is 90.6 Å². The van der Waals surface area contributed by atoms with Crippen LogP contribution in [0.25, 0.3) is 0 Å². The molecule has 0 radical (unpaired) electrons. The van der Waals surface area contributed by atoms with Crippen molar-refractivity contribution in [3.05, 3.63) is 223 Å². The van der Waals surface area contributed by atoms with Crippen molar-refractivity contribution in [3.8, 4) is 11.5 Å². The molecular weight excluding hydrogens is 1350 g/mol. The summed E-state index contributed by atoms with van der Waals surface area (Å²) >= 11 is 0. The number of hydrogen-bond acceptors (Lipinski definition) is 23. The van der Waals surface area contributed by atoms with Gasteiger partial charge in [-0.2, -0.15) is 0 Å². The number of aliphatic hydroxyl groups excluding tert-OH is 1. The Morgan fingerprint density at radius 1 is 0.558 bits per heavy atom.